The number of ketones is 1. The number of halogens is 1. The first-order valence-corrected chi connectivity index (χ1v) is 14.0. The van der Waals surface area contributed by atoms with Crippen LogP contribution < -0.4 is 0 Å². The number of Topliss-reactive ketones (excluding diaryl/α,β-unsaturated/α-hetero) is 1. The number of aliphatic hydroxyl groups excluding tert-OH is 1. The van der Waals surface area contributed by atoms with E-state index in [1.165, 1.54) is 6.07 Å². The normalized spacial score (nSPS) is 25.8. The van der Waals surface area contributed by atoms with E-state index in [0.717, 1.165) is 22.5 Å². The Bertz CT molecular complexity index is 1360. The Balaban J connectivity index is 1.41. The molecule has 1 saturated carbocycles. The molecular weight excluding hydrogens is 493 g/mol. The van der Waals surface area contributed by atoms with Crippen LogP contribution in [-0.4, -0.2) is 39.4 Å². The SMILES string of the molecule is CCN1N=C([C@@H]2C[C@@H](O)CC2C(=O)[C@@H](c2cc(C)no2)C(C)C)C[C@@]1(C)c1ccc(-c2ccccc2F)cc1. The molecule has 7 heteroatoms. The Kier molecular flexibility index (Phi) is 7.47. The Morgan fingerprint density at radius 1 is 1.18 bits per heavy atom. The number of hydrogen-bond donors (Lipinski definition) is 1. The van der Waals surface area contributed by atoms with Crippen molar-refractivity contribution in [2.24, 2.45) is 22.9 Å². The number of hydrazone groups is 1. The molecule has 0 spiro atoms. The van der Waals surface area contributed by atoms with Crippen LogP contribution in [0.5, 0.6) is 0 Å². The number of carbonyl (C=O) groups is 1. The van der Waals surface area contributed by atoms with Gasteiger partial charge in [-0.3, -0.25) is 9.80 Å². The van der Waals surface area contributed by atoms with Crippen LogP contribution in [0.3, 0.4) is 0 Å². The largest absolute Gasteiger partial charge is 0.393 e. The lowest BCUT2D eigenvalue weighted by Gasteiger charge is -2.34. The molecule has 6 nitrogen and oxygen atoms in total. The summed E-state index contributed by atoms with van der Waals surface area (Å²) < 4.78 is 19.9. The van der Waals surface area contributed by atoms with Crippen molar-refractivity contribution in [3.05, 3.63) is 77.4 Å². The number of aromatic nitrogens is 1. The zero-order chi connectivity index (χ0) is 27.9. The summed E-state index contributed by atoms with van der Waals surface area (Å²) in [4.78, 5) is 14.0. The molecular formula is C32H38FN3O3. The maximum Gasteiger partial charge on any atom is 0.147 e. The van der Waals surface area contributed by atoms with Crippen molar-refractivity contribution < 1.29 is 18.8 Å². The van der Waals surface area contributed by atoms with Crippen LogP contribution in [0.4, 0.5) is 4.39 Å². The van der Waals surface area contributed by atoms with Crippen molar-refractivity contribution in [3.63, 3.8) is 0 Å². The van der Waals surface area contributed by atoms with Gasteiger partial charge in [-0.2, -0.15) is 5.10 Å². The smallest absolute Gasteiger partial charge is 0.147 e. The number of carbonyl (C=O) groups excluding carboxylic acids is 1. The van der Waals surface area contributed by atoms with Gasteiger partial charge >= 0.3 is 0 Å². The quantitative estimate of drug-likeness (QED) is 0.360. The van der Waals surface area contributed by atoms with Crippen molar-refractivity contribution in [2.45, 2.75) is 71.4 Å². The van der Waals surface area contributed by atoms with Crippen molar-refractivity contribution in [2.75, 3.05) is 6.54 Å². The zero-order valence-corrected chi connectivity index (χ0v) is 23.4. The van der Waals surface area contributed by atoms with Gasteiger partial charge in [-0.15, -0.1) is 0 Å². The van der Waals surface area contributed by atoms with Gasteiger partial charge in [0.15, 0.2) is 0 Å². The summed E-state index contributed by atoms with van der Waals surface area (Å²) in [7, 11) is 0. The lowest BCUT2D eigenvalue weighted by Crippen LogP contribution is -2.37. The molecule has 1 unspecified atom stereocenters. The van der Waals surface area contributed by atoms with Crippen LogP contribution in [-0.2, 0) is 10.3 Å². The Morgan fingerprint density at radius 2 is 1.90 bits per heavy atom. The van der Waals surface area contributed by atoms with Gasteiger partial charge in [-0.05, 0) is 56.7 Å². The summed E-state index contributed by atoms with van der Waals surface area (Å²) in [6.45, 7) is 10.8. The monoisotopic (exact) mass is 531 g/mol. The summed E-state index contributed by atoms with van der Waals surface area (Å²) in [5.41, 5.74) is 3.80. The third-order valence-corrected chi connectivity index (χ3v) is 8.59. The summed E-state index contributed by atoms with van der Waals surface area (Å²) in [6.07, 6.45) is 1.07. The fourth-order valence-electron chi connectivity index (χ4n) is 6.58. The van der Waals surface area contributed by atoms with E-state index in [-0.39, 0.29) is 29.4 Å². The van der Waals surface area contributed by atoms with E-state index >= 15 is 0 Å². The lowest BCUT2D eigenvalue weighted by atomic mass is 9.75. The van der Waals surface area contributed by atoms with Crippen molar-refractivity contribution in [1.29, 1.82) is 0 Å². The topological polar surface area (TPSA) is 78.9 Å². The molecule has 0 saturated heterocycles. The zero-order valence-electron chi connectivity index (χ0n) is 23.4. The van der Waals surface area contributed by atoms with Gasteiger partial charge in [0.2, 0.25) is 0 Å². The molecule has 39 heavy (non-hydrogen) atoms. The first-order chi connectivity index (χ1) is 18.6. The molecule has 2 heterocycles. The molecule has 5 atom stereocenters. The van der Waals surface area contributed by atoms with Gasteiger partial charge in [0.1, 0.15) is 17.4 Å². The van der Waals surface area contributed by atoms with Crippen LogP contribution in [0, 0.1) is 30.5 Å². The second-order valence-corrected chi connectivity index (χ2v) is 11.6. The van der Waals surface area contributed by atoms with E-state index in [1.54, 1.807) is 12.1 Å². The molecule has 1 fully saturated rings. The van der Waals surface area contributed by atoms with Crippen molar-refractivity contribution >= 4 is 11.5 Å². The maximum absolute atomic E-state index is 14.4. The third kappa shape index (κ3) is 5.05. The summed E-state index contributed by atoms with van der Waals surface area (Å²) in [5.74, 6) is -0.391. The highest BCUT2D eigenvalue weighted by Crippen LogP contribution is 2.46. The minimum absolute atomic E-state index is 0.0409. The number of aliphatic hydroxyl groups is 1. The van der Waals surface area contributed by atoms with E-state index in [2.05, 4.69) is 36.1 Å². The molecule has 5 rings (SSSR count). The van der Waals surface area contributed by atoms with Gasteiger partial charge in [0.05, 0.1) is 23.3 Å². The molecule has 1 aliphatic carbocycles. The molecule has 3 aromatic rings. The van der Waals surface area contributed by atoms with E-state index in [0.29, 0.717) is 37.1 Å². The number of nitrogens with zero attached hydrogens (tertiary/aromatic N) is 3. The standard InChI is InChI=1S/C32H38FN3O3/c1-6-36-32(5,22-13-11-21(12-14-22)24-9-7-8-10-27(24)33)18-28(34-36)25-16-23(37)17-26(25)31(38)30(19(2)3)29-15-20(4)35-39-29/h7-15,19,23,25-26,30,37H,6,16-18H2,1-5H3/t23-,25-,26?,30-,32+/m1/s1. The van der Waals surface area contributed by atoms with Crippen molar-refractivity contribution in [1.82, 2.24) is 10.2 Å². The highest BCUT2D eigenvalue weighted by atomic mass is 19.1. The van der Waals surface area contributed by atoms with E-state index in [4.69, 9.17) is 9.62 Å². The molecule has 1 aliphatic heterocycles. The second-order valence-electron chi connectivity index (χ2n) is 11.6. The van der Waals surface area contributed by atoms with Crippen LogP contribution >= 0.6 is 0 Å². The van der Waals surface area contributed by atoms with E-state index in [1.807, 2.05) is 45.0 Å². The third-order valence-electron chi connectivity index (χ3n) is 8.59. The average molecular weight is 532 g/mol. The van der Waals surface area contributed by atoms with Crippen molar-refractivity contribution in [3.8, 4) is 11.1 Å². The molecule has 0 amide bonds. The van der Waals surface area contributed by atoms with Gasteiger partial charge < -0.3 is 9.63 Å². The van der Waals surface area contributed by atoms with Crippen LogP contribution in [0.15, 0.2) is 64.2 Å². The van der Waals surface area contributed by atoms with Gasteiger partial charge in [0.25, 0.3) is 0 Å². The summed E-state index contributed by atoms with van der Waals surface area (Å²) in [6, 6.07) is 16.7. The number of rotatable bonds is 8. The minimum atomic E-state index is -0.544. The minimum Gasteiger partial charge on any atom is -0.393 e. The second kappa shape index (κ2) is 10.7. The van der Waals surface area contributed by atoms with Gasteiger partial charge in [-0.25, -0.2) is 4.39 Å². The first-order valence-electron chi connectivity index (χ1n) is 14.0. The molecule has 0 bridgehead atoms. The summed E-state index contributed by atoms with van der Waals surface area (Å²) >= 11 is 0. The van der Waals surface area contributed by atoms with Gasteiger partial charge in [-0.1, -0.05) is 61.5 Å². The summed E-state index contributed by atoms with van der Waals surface area (Å²) in [5, 5.41) is 21.9. The first kappa shape index (κ1) is 27.3. The Labute approximate surface area is 229 Å². The average Bonchev–Trinajstić information content (AvgIpc) is 3.61. The maximum atomic E-state index is 14.4. The number of benzene rings is 2. The van der Waals surface area contributed by atoms with Crippen LogP contribution in [0.1, 0.15) is 69.9 Å². The van der Waals surface area contributed by atoms with Crippen LogP contribution in [0.25, 0.3) is 11.1 Å². The molecule has 2 aromatic carbocycles. The molecule has 2 aliphatic rings. The fraction of sp³-hybridized carbons (Fsp3) is 0.469. The highest BCUT2D eigenvalue weighted by Gasteiger charge is 2.49. The molecule has 0 radical (unpaired) electrons. The fourth-order valence-corrected chi connectivity index (χ4v) is 6.58. The van der Waals surface area contributed by atoms with E-state index in [9.17, 15) is 14.3 Å². The number of aryl methyl sites for hydroxylation is 1. The highest BCUT2D eigenvalue weighted by molar-refractivity contribution is 5.97. The Morgan fingerprint density at radius 3 is 2.51 bits per heavy atom. The Hall–Kier alpha value is -3.32. The lowest BCUT2D eigenvalue weighted by molar-refractivity contribution is -0.126. The van der Waals surface area contributed by atoms with Gasteiger partial charge in [0, 0.05) is 42.1 Å². The predicted octanol–water partition coefficient (Wildman–Crippen LogP) is 6.48. The van der Waals surface area contributed by atoms with Crippen LogP contribution in [0.2, 0.25) is 0 Å². The number of hydrogen-bond acceptors (Lipinski definition) is 6. The van der Waals surface area contributed by atoms with E-state index < -0.39 is 17.6 Å². The predicted molar refractivity (Wildman–Crippen MR) is 150 cm³/mol. The molecule has 1 N–H and O–H groups in total. The molecule has 206 valence electrons. The molecule has 1 aromatic heterocycles.